The lowest BCUT2D eigenvalue weighted by molar-refractivity contribution is 0.0526. The molecule has 0 aliphatic carbocycles. The summed E-state index contributed by atoms with van der Waals surface area (Å²) < 4.78 is 10.2. The third kappa shape index (κ3) is 3.90. The van der Waals surface area contributed by atoms with Crippen LogP contribution in [0.3, 0.4) is 0 Å². The molecule has 0 saturated carbocycles. The Labute approximate surface area is 178 Å². The van der Waals surface area contributed by atoms with Crippen molar-refractivity contribution in [1.29, 1.82) is 0 Å². The minimum Gasteiger partial charge on any atom is -0.462 e. The molecule has 7 nitrogen and oxygen atoms in total. The van der Waals surface area contributed by atoms with Gasteiger partial charge in [0.05, 0.1) is 47.3 Å². The summed E-state index contributed by atoms with van der Waals surface area (Å²) in [5.41, 5.74) is 8.97. The number of hydrogen-bond donors (Lipinski definition) is 1. The molecular weight excluding hydrogens is 394 g/mol. The predicted molar refractivity (Wildman–Crippen MR) is 119 cm³/mol. The maximum atomic E-state index is 12.7. The van der Waals surface area contributed by atoms with Crippen molar-refractivity contribution < 1.29 is 19.1 Å². The Bertz CT molecular complexity index is 1320. The lowest BCUT2D eigenvalue weighted by Gasteiger charge is -2.14. The zero-order valence-corrected chi connectivity index (χ0v) is 17.2. The molecule has 0 unspecified atom stereocenters. The van der Waals surface area contributed by atoms with Crippen LogP contribution in [0.25, 0.3) is 33.1 Å². The summed E-state index contributed by atoms with van der Waals surface area (Å²) in [5.74, 6) is -1.17. The molecule has 0 aliphatic heterocycles. The number of esters is 2. The van der Waals surface area contributed by atoms with Crippen LogP contribution >= 0.6 is 0 Å². The molecule has 0 spiro atoms. The Balaban J connectivity index is 1.90. The van der Waals surface area contributed by atoms with Crippen LogP contribution in [0.4, 0.5) is 5.69 Å². The summed E-state index contributed by atoms with van der Waals surface area (Å²) in [6.45, 7) is 3.80. The Kier molecular flexibility index (Phi) is 5.49. The van der Waals surface area contributed by atoms with Crippen molar-refractivity contribution in [2.75, 3.05) is 18.9 Å². The first kappa shape index (κ1) is 20.3. The minimum absolute atomic E-state index is 0.138. The van der Waals surface area contributed by atoms with Crippen molar-refractivity contribution in [3.05, 3.63) is 65.9 Å². The number of nitrogens with two attached hydrogens (primary N) is 1. The predicted octanol–water partition coefficient (Wildman–Crippen LogP) is 4.39. The van der Waals surface area contributed by atoms with Gasteiger partial charge in [0.15, 0.2) is 0 Å². The van der Waals surface area contributed by atoms with Crippen molar-refractivity contribution in [2.45, 2.75) is 13.8 Å². The van der Waals surface area contributed by atoms with E-state index in [0.717, 1.165) is 16.3 Å². The summed E-state index contributed by atoms with van der Waals surface area (Å²) in [6.07, 6.45) is 1.57. The van der Waals surface area contributed by atoms with E-state index in [0.29, 0.717) is 16.8 Å². The SMILES string of the molecule is CCOC(=O)c1cc(N)c(-c2cnc3cc4ccccc4cc3n2)c(C(=O)OCC)c1. The van der Waals surface area contributed by atoms with Crippen LogP contribution in [0.15, 0.2) is 54.7 Å². The highest BCUT2D eigenvalue weighted by atomic mass is 16.5. The second-order valence-corrected chi connectivity index (χ2v) is 6.87. The first-order valence-electron chi connectivity index (χ1n) is 9.95. The third-order valence-electron chi connectivity index (χ3n) is 4.84. The molecule has 0 bridgehead atoms. The van der Waals surface area contributed by atoms with E-state index >= 15 is 0 Å². The summed E-state index contributed by atoms with van der Waals surface area (Å²) in [7, 11) is 0. The number of benzene rings is 3. The van der Waals surface area contributed by atoms with Crippen LogP contribution in [-0.2, 0) is 9.47 Å². The smallest absolute Gasteiger partial charge is 0.338 e. The number of carbonyl (C=O) groups excluding carboxylic acids is 2. The molecule has 0 atom stereocenters. The van der Waals surface area contributed by atoms with Gasteiger partial charge in [-0.3, -0.25) is 4.98 Å². The van der Waals surface area contributed by atoms with E-state index < -0.39 is 11.9 Å². The molecular formula is C24H21N3O4. The van der Waals surface area contributed by atoms with E-state index in [-0.39, 0.29) is 30.0 Å². The average Bonchev–Trinajstić information content (AvgIpc) is 2.77. The fourth-order valence-corrected chi connectivity index (χ4v) is 3.47. The van der Waals surface area contributed by atoms with E-state index in [9.17, 15) is 9.59 Å². The number of carbonyl (C=O) groups is 2. The Hall–Kier alpha value is -4.00. The zero-order chi connectivity index (χ0) is 22.0. The van der Waals surface area contributed by atoms with Crippen LogP contribution in [0.2, 0.25) is 0 Å². The number of ether oxygens (including phenoxy) is 2. The normalized spacial score (nSPS) is 10.9. The van der Waals surface area contributed by atoms with Gasteiger partial charge in [-0.2, -0.15) is 0 Å². The molecule has 31 heavy (non-hydrogen) atoms. The van der Waals surface area contributed by atoms with Gasteiger partial charge in [-0.15, -0.1) is 0 Å². The summed E-state index contributed by atoms with van der Waals surface area (Å²) >= 11 is 0. The minimum atomic E-state index is -0.601. The fourth-order valence-electron chi connectivity index (χ4n) is 3.47. The van der Waals surface area contributed by atoms with Gasteiger partial charge in [0.1, 0.15) is 0 Å². The number of aromatic nitrogens is 2. The molecule has 1 aromatic heterocycles. The third-order valence-corrected chi connectivity index (χ3v) is 4.84. The summed E-state index contributed by atoms with van der Waals surface area (Å²) in [6, 6.07) is 14.7. The molecule has 0 radical (unpaired) electrons. The highest BCUT2D eigenvalue weighted by molar-refractivity contribution is 6.04. The van der Waals surface area contributed by atoms with Gasteiger partial charge in [0.25, 0.3) is 0 Å². The highest BCUT2D eigenvalue weighted by Crippen LogP contribution is 2.32. The lowest BCUT2D eigenvalue weighted by Crippen LogP contribution is -2.13. The van der Waals surface area contributed by atoms with Crippen molar-refractivity contribution in [1.82, 2.24) is 9.97 Å². The van der Waals surface area contributed by atoms with Gasteiger partial charge in [-0.1, -0.05) is 24.3 Å². The molecule has 4 aromatic rings. The maximum absolute atomic E-state index is 12.7. The zero-order valence-electron chi connectivity index (χ0n) is 17.2. The number of fused-ring (bicyclic) bond motifs is 2. The fraction of sp³-hybridized carbons (Fsp3) is 0.167. The van der Waals surface area contributed by atoms with Crippen molar-refractivity contribution >= 4 is 39.4 Å². The Morgan fingerprint density at radius 3 is 2.23 bits per heavy atom. The van der Waals surface area contributed by atoms with Gasteiger partial charge >= 0.3 is 11.9 Å². The molecule has 0 aliphatic rings. The molecule has 7 heteroatoms. The van der Waals surface area contributed by atoms with Gasteiger partial charge < -0.3 is 15.2 Å². The number of rotatable bonds is 5. The second kappa shape index (κ2) is 8.39. The molecule has 0 fully saturated rings. The van der Waals surface area contributed by atoms with Crippen molar-refractivity contribution in [2.24, 2.45) is 0 Å². The van der Waals surface area contributed by atoms with E-state index in [1.807, 2.05) is 36.4 Å². The van der Waals surface area contributed by atoms with Gasteiger partial charge in [-0.25, -0.2) is 14.6 Å². The van der Waals surface area contributed by atoms with Gasteiger partial charge in [0, 0.05) is 11.3 Å². The molecule has 156 valence electrons. The summed E-state index contributed by atoms with van der Waals surface area (Å²) in [4.78, 5) is 34.1. The molecule has 0 saturated heterocycles. The largest absolute Gasteiger partial charge is 0.462 e. The molecule has 3 aromatic carbocycles. The number of hydrogen-bond acceptors (Lipinski definition) is 7. The maximum Gasteiger partial charge on any atom is 0.338 e. The Morgan fingerprint density at radius 2 is 1.55 bits per heavy atom. The number of anilines is 1. The lowest BCUT2D eigenvalue weighted by atomic mass is 9.98. The molecule has 4 rings (SSSR count). The molecule has 1 heterocycles. The standard InChI is InChI=1S/C24H21N3O4/c1-3-30-23(28)16-9-17(24(29)31-4-2)22(18(25)10-16)21-13-26-19-11-14-7-5-6-8-15(14)12-20(19)27-21/h5-13H,3-4,25H2,1-2H3. The average molecular weight is 415 g/mol. The summed E-state index contributed by atoms with van der Waals surface area (Å²) in [5, 5.41) is 2.08. The second-order valence-electron chi connectivity index (χ2n) is 6.87. The highest BCUT2D eigenvalue weighted by Gasteiger charge is 2.22. The molecule has 0 amide bonds. The van der Waals surface area contributed by atoms with Crippen molar-refractivity contribution in [3.8, 4) is 11.3 Å². The topological polar surface area (TPSA) is 104 Å². The van der Waals surface area contributed by atoms with Crippen LogP contribution in [0, 0.1) is 0 Å². The monoisotopic (exact) mass is 415 g/mol. The van der Waals surface area contributed by atoms with Gasteiger partial charge in [0.2, 0.25) is 0 Å². The van der Waals surface area contributed by atoms with E-state index in [2.05, 4.69) is 4.98 Å². The van der Waals surface area contributed by atoms with Gasteiger partial charge in [-0.05, 0) is 48.9 Å². The van der Waals surface area contributed by atoms with E-state index in [4.69, 9.17) is 20.2 Å². The van der Waals surface area contributed by atoms with E-state index in [1.54, 1.807) is 20.0 Å². The molecule has 2 N–H and O–H groups in total. The van der Waals surface area contributed by atoms with Crippen LogP contribution in [-0.4, -0.2) is 35.1 Å². The first-order chi connectivity index (χ1) is 15.0. The number of nitrogens with zero attached hydrogens (tertiary/aromatic N) is 2. The van der Waals surface area contributed by atoms with Crippen LogP contribution in [0.1, 0.15) is 34.6 Å². The quantitative estimate of drug-likeness (QED) is 0.293. The van der Waals surface area contributed by atoms with Crippen LogP contribution < -0.4 is 5.73 Å². The number of nitrogen functional groups attached to an aromatic ring is 1. The Morgan fingerprint density at radius 1 is 0.903 bits per heavy atom. The van der Waals surface area contributed by atoms with Crippen LogP contribution in [0.5, 0.6) is 0 Å². The first-order valence-corrected chi connectivity index (χ1v) is 9.95. The van der Waals surface area contributed by atoms with E-state index in [1.165, 1.54) is 12.1 Å². The van der Waals surface area contributed by atoms with Crippen molar-refractivity contribution in [3.63, 3.8) is 0 Å².